The predicted molar refractivity (Wildman–Crippen MR) is 94.0 cm³/mol. The monoisotopic (exact) mass is 332 g/mol. The molecule has 0 radical (unpaired) electrons. The number of likely N-dealkylation sites (tertiary alicyclic amines) is 1. The van der Waals surface area contributed by atoms with Crippen molar-refractivity contribution < 1.29 is 0 Å². The van der Waals surface area contributed by atoms with Crippen LogP contribution in [0.5, 0.6) is 0 Å². The second-order valence-electron chi connectivity index (χ2n) is 8.22. The van der Waals surface area contributed by atoms with Crippen molar-refractivity contribution in [2.45, 2.75) is 69.4 Å². The first-order chi connectivity index (χ1) is 11.0. The van der Waals surface area contributed by atoms with Crippen LogP contribution in [0.4, 0.5) is 0 Å². The highest BCUT2D eigenvalue weighted by Crippen LogP contribution is 2.66. The van der Waals surface area contributed by atoms with Gasteiger partial charge in [-0.2, -0.15) is 5.10 Å². The fourth-order valence-electron chi connectivity index (χ4n) is 4.87. The molecule has 1 saturated carbocycles. The molecule has 2 atom stereocenters. The van der Waals surface area contributed by atoms with Crippen LogP contribution in [0.2, 0.25) is 0 Å². The van der Waals surface area contributed by atoms with Crippen molar-refractivity contribution in [2.24, 2.45) is 5.41 Å². The van der Waals surface area contributed by atoms with Gasteiger partial charge in [0.15, 0.2) is 0 Å². The van der Waals surface area contributed by atoms with Gasteiger partial charge in [0.25, 0.3) is 0 Å². The molecule has 0 amide bonds. The Morgan fingerprint density at radius 1 is 1.13 bits per heavy atom. The van der Waals surface area contributed by atoms with E-state index in [-0.39, 0.29) is 10.8 Å². The summed E-state index contributed by atoms with van der Waals surface area (Å²) in [6.07, 6.45) is 6.60. The Morgan fingerprint density at radius 2 is 1.91 bits per heavy atom. The molecule has 5 heteroatoms. The number of hydrogen-bond acceptors (Lipinski definition) is 5. The SMILES string of the molecule is CC1(C)[C@@H]2CC[C@]1(C)c1nc(SCCN3CCCCC3)nnc12. The van der Waals surface area contributed by atoms with Gasteiger partial charge < -0.3 is 4.90 Å². The lowest BCUT2D eigenvalue weighted by Crippen LogP contribution is -2.32. The molecule has 0 spiro atoms. The average Bonchev–Trinajstić information content (AvgIpc) is 2.88. The van der Waals surface area contributed by atoms with Gasteiger partial charge in [-0.05, 0) is 44.2 Å². The molecule has 2 heterocycles. The van der Waals surface area contributed by atoms with Gasteiger partial charge in [-0.1, -0.05) is 39.0 Å². The molecule has 126 valence electrons. The molecule has 1 saturated heterocycles. The van der Waals surface area contributed by atoms with E-state index >= 15 is 0 Å². The molecule has 23 heavy (non-hydrogen) atoms. The van der Waals surface area contributed by atoms with Crippen LogP contribution in [-0.4, -0.2) is 45.5 Å². The van der Waals surface area contributed by atoms with Gasteiger partial charge in [0, 0.05) is 23.6 Å². The fraction of sp³-hybridized carbons (Fsp3) is 0.833. The Labute approximate surface area is 143 Å². The number of fused-ring (bicyclic) bond motifs is 5. The Bertz CT molecular complexity index is 597. The van der Waals surface area contributed by atoms with Crippen LogP contribution >= 0.6 is 11.8 Å². The van der Waals surface area contributed by atoms with Crippen LogP contribution < -0.4 is 0 Å². The predicted octanol–water partition coefficient (Wildman–Crippen LogP) is 3.62. The molecule has 0 N–H and O–H groups in total. The second-order valence-corrected chi connectivity index (χ2v) is 9.29. The lowest BCUT2D eigenvalue weighted by Gasteiger charge is -2.34. The van der Waals surface area contributed by atoms with E-state index in [1.54, 1.807) is 11.8 Å². The molecule has 2 fully saturated rings. The van der Waals surface area contributed by atoms with E-state index in [0.29, 0.717) is 5.92 Å². The van der Waals surface area contributed by atoms with Crippen molar-refractivity contribution in [2.75, 3.05) is 25.4 Å². The summed E-state index contributed by atoms with van der Waals surface area (Å²) < 4.78 is 0. The van der Waals surface area contributed by atoms with E-state index < -0.39 is 0 Å². The standard InChI is InChI=1S/C18H28N4S/c1-17(2)13-7-8-18(17,3)15-14(13)20-21-16(19-15)23-12-11-22-9-5-4-6-10-22/h13H,4-12H2,1-3H3/t13-,18-/m1/s1. The fourth-order valence-corrected chi connectivity index (χ4v) is 5.66. The van der Waals surface area contributed by atoms with Crippen molar-refractivity contribution in [3.8, 4) is 0 Å². The van der Waals surface area contributed by atoms with Crippen molar-refractivity contribution in [1.82, 2.24) is 20.1 Å². The van der Waals surface area contributed by atoms with Crippen LogP contribution in [0.15, 0.2) is 5.16 Å². The van der Waals surface area contributed by atoms with Gasteiger partial charge in [0.05, 0.1) is 11.4 Å². The third kappa shape index (κ3) is 2.42. The summed E-state index contributed by atoms with van der Waals surface area (Å²) in [6.45, 7) is 10.8. The molecule has 0 aromatic carbocycles. The molecular weight excluding hydrogens is 304 g/mol. The van der Waals surface area contributed by atoms with Crippen LogP contribution in [0.3, 0.4) is 0 Å². The maximum atomic E-state index is 4.96. The van der Waals surface area contributed by atoms with Crippen LogP contribution in [0.25, 0.3) is 0 Å². The molecular formula is C18H28N4S. The summed E-state index contributed by atoms with van der Waals surface area (Å²) in [5.41, 5.74) is 2.89. The Balaban J connectivity index is 1.45. The van der Waals surface area contributed by atoms with Gasteiger partial charge in [-0.15, -0.1) is 5.10 Å². The highest BCUT2D eigenvalue weighted by molar-refractivity contribution is 7.99. The number of nitrogens with zero attached hydrogens (tertiary/aromatic N) is 4. The van der Waals surface area contributed by atoms with E-state index in [9.17, 15) is 0 Å². The minimum Gasteiger partial charge on any atom is -0.303 e. The summed E-state index contributed by atoms with van der Waals surface area (Å²) in [5.74, 6) is 1.62. The third-order valence-electron chi connectivity index (χ3n) is 6.86. The average molecular weight is 333 g/mol. The minimum atomic E-state index is 0.186. The van der Waals surface area contributed by atoms with Gasteiger partial charge in [-0.25, -0.2) is 4.98 Å². The lowest BCUT2D eigenvalue weighted by molar-refractivity contribution is 0.226. The van der Waals surface area contributed by atoms with Crippen LogP contribution in [0.1, 0.15) is 70.2 Å². The Kier molecular flexibility index (Phi) is 3.92. The maximum Gasteiger partial charge on any atom is 0.209 e. The summed E-state index contributed by atoms with van der Waals surface area (Å²) in [6, 6.07) is 0. The number of aromatic nitrogens is 3. The van der Waals surface area contributed by atoms with Crippen molar-refractivity contribution in [3.63, 3.8) is 0 Å². The first-order valence-corrected chi connectivity index (χ1v) is 10.1. The van der Waals surface area contributed by atoms with Gasteiger partial charge >= 0.3 is 0 Å². The molecule has 2 bridgehead atoms. The molecule has 1 aromatic rings. The molecule has 4 nitrogen and oxygen atoms in total. The summed E-state index contributed by atoms with van der Waals surface area (Å²) in [5, 5.41) is 9.91. The van der Waals surface area contributed by atoms with Crippen molar-refractivity contribution in [1.29, 1.82) is 0 Å². The maximum absolute atomic E-state index is 4.96. The Hall–Kier alpha value is -0.680. The molecule has 4 rings (SSSR count). The molecule has 0 unspecified atom stereocenters. The topological polar surface area (TPSA) is 41.9 Å². The largest absolute Gasteiger partial charge is 0.303 e. The molecule has 1 aliphatic heterocycles. The lowest BCUT2D eigenvalue weighted by atomic mass is 9.70. The molecule has 2 aliphatic carbocycles. The van der Waals surface area contributed by atoms with Crippen molar-refractivity contribution in [3.05, 3.63) is 11.4 Å². The second kappa shape index (κ2) is 5.69. The summed E-state index contributed by atoms with van der Waals surface area (Å²) in [7, 11) is 0. The summed E-state index contributed by atoms with van der Waals surface area (Å²) >= 11 is 1.78. The zero-order chi connectivity index (χ0) is 16.1. The van der Waals surface area contributed by atoms with E-state index in [1.165, 1.54) is 56.6 Å². The minimum absolute atomic E-state index is 0.186. The first-order valence-electron chi connectivity index (χ1n) is 9.13. The smallest absolute Gasteiger partial charge is 0.209 e. The van der Waals surface area contributed by atoms with Crippen molar-refractivity contribution >= 4 is 11.8 Å². The highest BCUT2D eigenvalue weighted by atomic mass is 32.2. The van der Waals surface area contributed by atoms with E-state index in [4.69, 9.17) is 4.98 Å². The van der Waals surface area contributed by atoms with E-state index in [0.717, 1.165) is 17.5 Å². The molecule has 3 aliphatic rings. The third-order valence-corrected chi connectivity index (χ3v) is 7.68. The normalized spacial score (nSPS) is 32.2. The zero-order valence-electron chi connectivity index (χ0n) is 14.6. The quantitative estimate of drug-likeness (QED) is 0.788. The number of piperidine rings is 1. The first kappa shape index (κ1) is 15.8. The highest BCUT2D eigenvalue weighted by Gasteiger charge is 2.61. The van der Waals surface area contributed by atoms with E-state index in [1.807, 2.05) is 0 Å². The van der Waals surface area contributed by atoms with Gasteiger partial charge in [0.1, 0.15) is 0 Å². The van der Waals surface area contributed by atoms with Gasteiger partial charge in [-0.3, -0.25) is 0 Å². The number of thioether (sulfide) groups is 1. The Morgan fingerprint density at radius 3 is 2.70 bits per heavy atom. The van der Waals surface area contributed by atoms with Crippen LogP contribution in [-0.2, 0) is 5.41 Å². The van der Waals surface area contributed by atoms with E-state index in [2.05, 4.69) is 35.9 Å². The number of rotatable bonds is 4. The molecule has 1 aromatic heterocycles. The van der Waals surface area contributed by atoms with Crippen LogP contribution in [0, 0.1) is 5.41 Å². The zero-order valence-corrected chi connectivity index (χ0v) is 15.5. The summed E-state index contributed by atoms with van der Waals surface area (Å²) in [4.78, 5) is 7.53. The van der Waals surface area contributed by atoms with Gasteiger partial charge in [0.2, 0.25) is 5.16 Å². The number of hydrogen-bond donors (Lipinski definition) is 0.